The minimum atomic E-state index is -0.0545. The van der Waals surface area contributed by atoms with E-state index in [1.54, 1.807) is 0 Å². The van der Waals surface area contributed by atoms with Crippen LogP contribution in [0.2, 0.25) is 0 Å². The van der Waals surface area contributed by atoms with Gasteiger partial charge in [0.15, 0.2) is 0 Å². The van der Waals surface area contributed by atoms with Crippen molar-refractivity contribution in [3.63, 3.8) is 0 Å². The Bertz CT molecular complexity index is 1610. The molecule has 192 valence electrons. The molecule has 0 fully saturated rings. The van der Waals surface area contributed by atoms with Gasteiger partial charge in [0, 0.05) is 22.7 Å². The molecule has 39 heavy (non-hydrogen) atoms. The highest BCUT2D eigenvalue weighted by molar-refractivity contribution is 5.91. The normalized spacial score (nSPS) is 13.1. The second-order valence-corrected chi connectivity index (χ2v) is 10.4. The second-order valence-electron chi connectivity index (χ2n) is 10.4. The number of nitrogens with zero attached hydrogens (tertiary/aromatic N) is 1. The zero-order chi connectivity index (χ0) is 27.2. The van der Waals surface area contributed by atoms with Gasteiger partial charge in [-0.05, 0) is 76.6 Å². The summed E-state index contributed by atoms with van der Waals surface area (Å²) in [7, 11) is 0. The van der Waals surface area contributed by atoms with Crippen LogP contribution >= 0.6 is 0 Å². The molecule has 1 heteroatoms. The van der Waals surface area contributed by atoms with E-state index in [2.05, 4.69) is 149 Å². The summed E-state index contributed by atoms with van der Waals surface area (Å²) in [6.45, 7) is 10.8. The summed E-state index contributed by atoms with van der Waals surface area (Å²) < 4.78 is 0. The fraction of sp³-hybridized carbons (Fsp3) is 0.132. The zero-order valence-corrected chi connectivity index (χ0v) is 23.1. The molecule has 5 aromatic rings. The van der Waals surface area contributed by atoms with Crippen LogP contribution in [-0.4, -0.2) is 4.98 Å². The second kappa shape index (κ2) is 11.5. The average Bonchev–Trinajstić information content (AvgIpc) is 3.01. The lowest BCUT2D eigenvalue weighted by atomic mass is 9.83. The average molecular weight is 506 g/mol. The van der Waals surface area contributed by atoms with Gasteiger partial charge in [0.25, 0.3) is 0 Å². The first-order valence-corrected chi connectivity index (χ1v) is 13.7. The topological polar surface area (TPSA) is 12.9 Å². The van der Waals surface area contributed by atoms with Gasteiger partial charge in [-0.1, -0.05) is 117 Å². The number of hydrogen-bond donors (Lipinski definition) is 0. The molecule has 0 radical (unpaired) electrons. The van der Waals surface area contributed by atoms with E-state index < -0.39 is 0 Å². The van der Waals surface area contributed by atoms with Crippen LogP contribution in [0.25, 0.3) is 50.2 Å². The van der Waals surface area contributed by atoms with Crippen molar-refractivity contribution in [2.75, 3.05) is 0 Å². The van der Waals surface area contributed by atoms with E-state index in [9.17, 15) is 0 Å². The SMILES string of the molecule is C=CC(C)(/C=C(\C)c1cc(-c2ccccc2)cc(-c2cccnc2-c2ccccc2-c2ccccc2)c1)CC. The van der Waals surface area contributed by atoms with Crippen LogP contribution in [0.1, 0.15) is 32.8 Å². The molecule has 1 nitrogen and oxygen atoms in total. The van der Waals surface area contributed by atoms with Crippen molar-refractivity contribution in [1.29, 1.82) is 0 Å². The van der Waals surface area contributed by atoms with E-state index >= 15 is 0 Å². The molecule has 0 amide bonds. The van der Waals surface area contributed by atoms with Crippen LogP contribution in [0, 0.1) is 5.41 Å². The fourth-order valence-electron chi connectivity index (χ4n) is 5.10. The maximum absolute atomic E-state index is 4.95. The molecule has 0 aliphatic heterocycles. The highest BCUT2D eigenvalue weighted by atomic mass is 14.7. The molecule has 1 heterocycles. The highest BCUT2D eigenvalue weighted by Gasteiger charge is 2.18. The van der Waals surface area contributed by atoms with E-state index in [4.69, 9.17) is 4.98 Å². The summed E-state index contributed by atoms with van der Waals surface area (Å²) in [6, 6.07) is 40.9. The number of benzene rings is 4. The van der Waals surface area contributed by atoms with Crippen molar-refractivity contribution >= 4 is 5.57 Å². The van der Waals surface area contributed by atoms with E-state index in [-0.39, 0.29) is 5.41 Å². The van der Waals surface area contributed by atoms with Gasteiger partial charge in [0.2, 0.25) is 0 Å². The van der Waals surface area contributed by atoms with Crippen molar-refractivity contribution in [3.05, 3.63) is 146 Å². The Kier molecular flexibility index (Phi) is 7.70. The predicted octanol–water partition coefficient (Wildman–Crippen LogP) is 10.8. The van der Waals surface area contributed by atoms with Gasteiger partial charge >= 0.3 is 0 Å². The van der Waals surface area contributed by atoms with E-state index in [0.29, 0.717) is 0 Å². The minimum Gasteiger partial charge on any atom is -0.256 e. The molecule has 0 aliphatic rings. The van der Waals surface area contributed by atoms with Gasteiger partial charge in [-0.3, -0.25) is 4.98 Å². The Morgan fingerprint density at radius 2 is 1.28 bits per heavy atom. The number of pyridine rings is 1. The molecular formula is C38H35N. The molecule has 1 unspecified atom stereocenters. The molecule has 1 atom stereocenters. The van der Waals surface area contributed by atoms with Crippen molar-refractivity contribution in [2.24, 2.45) is 5.41 Å². The van der Waals surface area contributed by atoms with Crippen LogP contribution < -0.4 is 0 Å². The van der Waals surface area contributed by atoms with E-state index in [0.717, 1.165) is 28.8 Å². The molecule has 0 aliphatic carbocycles. The lowest BCUT2D eigenvalue weighted by Crippen LogP contribution is -2.07. The molecule has 0 spiro atoms. The Balaban J connectivity index is 1.73. The summed E-state index contributed by atoms with van der Waals surface area (Å²) >= 11 is 0. The van der Waals surface area contributed by atoms with Gasteiger partial charge in [0.05, 0.1) is 5.69 Å². The Hall–Kier alpha value is -4.49. The van der Waals surface area contributed by atoms with Crippen LogP contribution in [0.4, 0.5) is 0 Å². The van der Waals surface area contributed by atoms with Gasteiger partial charge in [-0.2, -0.15) is 0 Å². The summed E-state index contributed by atoms with van der Waals surface area (Å²) in [5.74, 6) is 0. The molecule has 0 bridgehead atoms. The number of aromatic nitrogens is 1. The van der Waals surface area contributed by atoms with Gasteiger partial charge < -0.3 is 0 Å². The first-order chi connectivity index (χ1) is 19.0. The third-order valence-corrected chi connectivity index (χ3v) is 7.66. The fourth-order valence-corrected chi connectivity index (χ4v) is 5.10. The van der Waals surface area contributed by atoms with Gasteiger partial charge in [-0.25, -0.2) is 0 Å². The third-order valence-electron chi connectivity index (χ3n) is 7.66. The summed E-state index contributed by atoms with van der Waals surface area (Å²) in [4.78, 5) is 4.95. The lowest BCUT2D eigenvalue weighted by molar-refractivity contribution is 0.533. The standard InChI is InChI=1S/C38H35N/c1-5-38(4,6-2)27-28(3)31-24-32(29-16-9-7-10-17-29)26-33(25-31)35-22-15-23-39-37(35)36-21-14-13-20-34(36)30-18-11-8-12-19-30/h5,7-27H,1,6H2,2-4H3/b28-27+. The molecule has 5 rings (SSSR count). The summed E-state index contributed by atoms with van der Waals surface area (Å²) in [5.41, 5.74) is 11.5. The zero-order valence-electron chi connectivity index (χ0n) is 23.1. The molecular weight excluding hydrogens is 470 g/mol. The van der Waals surface area contributed by atoms with Crippen molar-refractivity contribution in [2.45, 2.75) is 27.2 Å². The quantitative estimate of drug-likeness (QED) is 0.191. The van der Waals surface area contributed by atoms with Crippen LogP contribution in [0.15, 0.2) is 140 Å². The third kappa shape index (κ3) is 5.68. The Labute approximate surface area is 233 Å². The Morgan fingerprint density at radius 1 is 0.692 bits per heavy atom. The van der Waals surface area contributed by atoms with Crippen molar-refractivity contribution in [1.82, 2.24) is 4.98 Å². The maximum Gasteiger partial charge on any atom is 0.0786 e. The first-order valence-electron chi connectivity index (χ1n) is 13.7. The molecule has 0 saturated carbocycles. The highest BCUT2D eigenvalue weighted by Crippen LogP contribution is 2.39. The maximum atomic E-state index is 4.95. The molecule has 4 aromatic carbocycles. The van der Waals surface area contributed by atoms with Crippen molar-refractivity contribution < 1.29 is 0 Å². The smallest absolute Gasteiger partial charge is 0.0786 e. The van der Waals surface area contributed by atoms with Crippen LogP contribution in [0.3, 0.4) is 0 Å². The molecule has 0 N–H and O–H groups in total. The molecule has 1 aromatic heterocycles. The van der Waals surface area contributed by atoms with Gasteiger partial charge in [-0.15, -0.1) is 6.58 Å². The lowest BCUT2D eigenvalue weighted by Gasteiger charge is -2.21. The summed E-state index contributed by atoms with van der Waals surface area (Å²) in [5, 5.41) is 0. The number of hydrogen-bond acceptors (Lipinski definition) is 1. The molecule has 0 saturated heterocycles. The van der Waals surface area contributed by atoms with Gasteiger partial charge in [0.1, 0.15) is 0 Å². The van der Waals surface area contributed by atoms with Crippen LogP contribution in [-0.2, 0) is 0 Å². The van der Waals surface area contributed by atoms with Crippen molar-refractivity contribution in [3.8, 4) is 44.6 Å². The summed E-state index contributed by atoms with van der Waals surface area (Å²) in [6.07, 6.45) is 7.30. The monoisotopic (exact) mass is 505 g/mol. The number of rotatable bonds is 8. The predicted molar refractivity (Wildman–Crippen MR) is 168 cm³/mol. The Morgan fingerprint density at radius 3 is 1.95 bits per heavy atom. The largest absolute Gasteiger partial charge is 0.256 e. The minimum absolute atomic E-state index is 0.0545. The van der Waals surface area contributed by atoms with E-state index in [1.807, 2.05) is 12.3 Å². The number of allylic oxidation sites excluding steroid dienone is 3. The van der Waals surface area contributed by atoms with Crippen LogP contribution in [0.5, 0.6) is 0 Å². The van der Waals surface area contributed by atoms with E-state index in [1.165, 1.54) is 33.4 Å². The first kappa shape index (κ1) is 26.1.